The van der Waals surface area contributed by atoms with Gasteiger partial charge in [-0.15, -0.1) is 0 Å². The lowest BCUT2D eigenvalue weighted by atomic mass is 9.73. The number of rotatable bonds is 11. The van der Waals surface area contributed by atoms with Crippen molar-refractivity contribution in [1.29, 1.82) is 0 Å². The molecule has 2 aliphatic heterocycles. The van der Waals surface area contributed by atoms with Gasteiger partial charge in [0.25, 0.3) is 5.91 Å². The molecule has 0 radical (unpaired) electrons. The van der Waals surface area contributed by atoms with E-state index in [9.17, 15) is 9.59 Å². The summed E-state index contributed by atoms with van der Waals surface area (Å²) in [6.07, 6.45) is 3.68. The maximum atomic E-state index is 13.8. The molecule has 0 aromatic heterocycles. The summed E-state index contributed by atoms with van der Waals surface area (Å²) in [5, 5.41) is 3.18. The molecule has 48 heavy (non-hydrogen) atoms. The van der Waals surface area contributed by atoms with Gasteiger partial charge >= 0.3 is 0 Å². The van der Waals surface area contributed by atoms with Crippen LogP contribution in [0.3, 0.4) is 0 Å². The van der Waals surface area contributed by atoms with E-state index < -0.39 is 5.41 Å². The first-order valence-corrected chi connectivity index (χ1v) is 17.5. The molecule has 0 saturated carbocycles. The lowest BCUT2D eigenvalue weighted by Crippen LogP contribution is -2.47. The molecule has 4 aromatic rings. The van der Waals surface area contributed by atoms with E-state index in [2.05, 4.69) is 87.9 Å². The number of methoxy groups -OCH3 is 1. The number of nitrogens with one attached hydrogen (secondary N) is 1. The Morgan fingerprint density at radius 1 is 0.812 bits per heavy atom. The maximum absolute atomic E-state index is 13.8. The maximum Gasteiger partial charge on any atom is 0.254 e. The van der Waals surface area contributed by atoms with Crippen LogP contribution >= 0.6 is 0 Å². The molecule has 0 unspecified atom stereocenters. The predicted octanol–water partition coefficient (Wildman–Crippen LogP) is 6.29. The van der Waals surface area contributed by atoms with Crippen LogP contribution in [-0.2, 0) is 23.2 Å². The summed E-state index contributed by atoms with van der Waals surface area (Å²) in [5.74, 6) is 1.04. The van der Waals surface area contributed by atoms with Crippen molar-refractivity contribution < 1.29 is 14.3 Å². The Labute approximate surface area is 284 Å². The second kappa shape index (κ2) is 13.9. The van der Waals surface area contributed by atoms with E-state index in [1.807, 2.05) is 30.0 Å². The van der Waals surface area contributed by atoms with E-state index in [0.717, 1.165) is 104 Å². The first-order chi connectivity index (χ1) is 23.5. The molecule has 7 nitrogen and oxygen atoms in total. The number of fused-ring (bicyclic) bond motifs is 4. The zero-order valence-electron chi connectivity index (χ0n) is 28.2. The number of nitrogens with zero attached hydrogens (tertiary/aromatic N) is 3. The minimum absolute atomic E-state index is 0.109. The van der Waals surface area contributed by atoms with Crippen LogP contribution in [-0.4, -0.2) is 74.5 Å². The van der Waals surface area contributed by atoms with Gasteiger partial charge in [-0.25, -0.2) is 0 Å². The molecular weight excluding hydrogens is 596 g/mol. The van der Waals surface area contributed by atoms with Crippen LogP contribution in [0.1, 0.15) is 58.8 Å². The second-order valence-corrected chi connectivity index (χ2v) is 13.3. The van der Waals surface area contributed by atoms with Gasteiger partial charge in [0.15, 0.2) is 0 Å². The van der Waals surface area contributed by atoms with Crippen molar-refractivity contribution >= 4 is 17.5 Å². The number of carbonyl (C=O) groups is 2. The summed E-state index contributed by atoms with van der Waals surface area (Å²) in [7, 11) is 1.67. The largest absolute Gasteiger partial charge is 0.497 e. The highest BCUT2D eigenvalue weighted by molar-refractivity contribution is 6.00. The molecule has 0 atom stereocenters. The number of piperazine rings is 1. The Hall–Kier alpha value is -4.62. The van der Waals surface area contributed by atoms with Crippen LogP contribution in [0.15, 0.2) is 91.0 Å². The number of ether oxygens (including phenoxy) is 1. The fourth-order valence-electron chi connectivity index (χ4n) is 8.07. The Morgan fingerprint density at radius 3 is 2.25 bits per heavy atom. The van der Waals surface area contributed by atoms with Crippen LogP contribution in [0.5, 0.6) is 5.75 Å². The Bertz CT molecular complexity index is 1750. The summed E-state index contributed by atoms with van der Waals surface area (Å²) in [6.45, 7) is 8.79. The van der Waals surface area contributed by atoms with Gasteiger partial charge in [-0.05, 0) is 90.4 Å². The van der Waals surface area contributed by atoms with E-state index in [1.165, 1.54) is 11.1 Å². The van der Waals surface area contributed by atoms with E-state index in [-0.39, 0.29) is 11.8 Å². The number of hydrogen-bond donors (Lipinski definition) is 1. The molecule has 2 heterocycles. The average molecular weight is 643 g/mol. The Balaban J connectivity index is 0.957. The lowest BCUT2D eigenvalue weighted by Gasteiger charge is -2.37. The number of unbranched alkanes of at least 4 members (excludes halogenated alkanes) is 1. The molecule has 1 fully saturated rings. The number of hydrogen-bond acceptors (Lipinski definition) is 5. The second-order valence-electron chi connectivity index (χ2n) is 13.3. The summed E-state index contributed by atoms with van der Waals surface area (Å²) < 4.78 is 5.38. The summed E-state index contributed by atoms with van der Waals surface area (Å²) in [5.41, 5.74) is 8.18. The van der Waals surface area contributed by atoms with Gasteiger partial charge in [-0.3, -0.25) is 14.5 Å². The highest BCUT2D eigenvalue weighted by atomic mass is 16.5. The lowest BCUT2D eigenvalue weighted by molar-refractivity contribution is -0.125. The Kier molecular flexibility index (Phi) is 9.22. The van der Waals surface area contributed by atoms with Crippen LogP contribution in [0, 0.1) is 0 Å². The first-order valence-electron chi connectivity index (χ1n) is 17.5. The number of amides is 2. The van der Waals surface area contributed by atoms with E-state index in [1.54, 1.807) is 7.11 Å². The molecule has 7 rings (SSSR count). The third-order valence-corrected chi connectivity index (χ3v) is 10.6. The van der Waals surface area contributed by atoms with Crippen molar-refractivity contribution in [3.8, 4) is 16.9 Å². The zero-order chi connectivity index (χ0) is 33.1. The van der Waals surface area contributed by atoms with Crippen molar-refractivity contribution in [3.05, 3.63) is 119 Å². The monoisotopic (exact) mass is 642 g/mol. The number of carbonyl (C=O) groups excluding carboxylic acids is 2. The zero-order valence-corrected chi connectivity index (χ0v) is 28.2. The third-order valence-electron chi connectivity index (χ3n) is 10.6. The summed E-state index contributed by atoms with van der Waals surface area (Å²) in [6, 6.07) is 31.3. The number of likely N-dealkylation sites (N-methyl/N-ethyl adjacent to an activating group) is 1. The van der Waals surface area contributed by atoms with Crippen molar-refractivity contribution in [1.82, 2.24) is 15.1 Å². The number of anilines is 1. The van der Waals surface area contributed by atoms with E-state index in [0.29, 0.717) is 13.1 Å². The highest BCUT2D eigenvalue weighted by Crippen LogP contribution is 2.51. The van der Waals surface area contributed by atoms with Crippen molar-refractivity contribution in [3.63, 3.8) is 0 Å². The van der Waals surface area contributed by atoms with Gasteiger partial charge in [-0.1, -0.05) is 73.2 Å². The molecule has 3 aliphatic rings. The van der Waals surface area contributed by atoms with Crippen LogP contribution in [0.2, 0.25) is 0 Å². The number of benzene rings is 4. The van der Waals surface area contributed by atoms with Gasteiger partial charge < -0.3 is 19.9 Å². The smallest absolute Gasteiger partial charge is 0.254 e. The predicted molar refractivity (Wildman–Crippen MR) is 192 cm³/mol. The van der Waals surface area contributed by atoms with Gasteiger partial charge in [0.1, 0.15) is 11.2 Å². The molecule has 1 N–H and O–H groups in total. The standard InChI is InChI=1S/C41H46N4O3/c1-3-42-40(47)41(37-15-6-4-13-34(37)35-14-5-7-16-38(35)41)20-8-9-21-43-23-25-44(26-24-43)32-18-17-31-19-22-45(39(46)36(31)28-32)29-30-11-10-12-33(27-30)48-2/h4-7,10-18,27-28H,3,8-9,19-26,29H2,1-2H3,(H,42,47). The molecular formula is C41H46N4O3. The molecule has 0 bridgehead atoms. The quantitative estimate of drug-likeness (QED) is 0.195. The molecule has 0 spiro atoms. The van der Waals surface area contributed by atoms with Gasteiger partial charge in [0.05, 0.1) is 7.11 Å². The molecule has 1 saturated heterocycles. The summed E-state index contributed by atoms with van der Waals surface area (Å²) in [4.78, 5) is 34.3. The molecule has 248 valence electrons. The fourth-order valence-corrected chi connectivity index (χ4v) is 8.07. The van der Waals surface area contributed by atoms with Gasteiger partial charge in [-0.2, -0.15) is 0 Å². The average Bonchev–Trinajstić information content (AvgIpc) is 3.42. The van der Waals surface area contributed by atoms with Crippen molar-refractivity contribution in [2.75, 3.05) is 57.8 Å². The fraction of sp³-hybridized carbons (Fsp3) is 0.366. The van der Waals surface area contributed by atoms with Crippen molar-refractivity contribution in [2.45, 2.75) is 44.6 Å². The molecule has 4 aromatic carbocycles. The third kappa shape index (κ3) is 5.96. The molecule has 1 aliphatic carbocycles. The van der Waals surface area contributed by atoms with E-state index >= 15 is 0 Å². The highest BCUT2D eigenvalue weighted by Gasteiger charge is 2.48. The summed E-state index contributed by atoms with van der Waals surface area (Å²) >= 11 is 0. The Morgan fingerprint density at radius 2 is 1.54 bits per heavy atom. The molecule has 2 amide bonds. The minimum atomic E-state index is -0.644. The van der Waals surface area contributed by atoms with E-state index in [4.69, 9.17) is 4.74 Å². The topological polar surface area (TPSA) is 65.1 Å². The minimum Gasteiger partial charge on any atom is -0.497 e. The van der Waals surface area contributed by atoms with Crippen LogP contribution in [0.25, 0.3) is 11.1 Å². The SMILES string of the molecule is CCNC(=O)C1(CCCCN2CCN(c3ccc4c(c3)C(=O)N(Cc3cccc(OC)c3)CC4)CC2)c2ccccc2-c2ccccc21. The first kappa shape index (κ1) is 32.0. The van der Waals surface area contributed by atoms with Crippen LogP contribution in [0.4, 0.5) is 5.69 Å². The molecule has 7 heteroatoms. The van der Waals surface area contributed by atoms with Gasteiger partial charge in [0.2, 0.25) is 5.91 Å². The van der Waals surface area contributed by atoms with Crippen molar-refractivity contribution in [2.24, 2.45) is 0 Å². The normalized spacial score (nSPS) is 16.7. The van der Waals surface area contributed by atoms with Crippen LogP contribution < -0.4 is 15.0 Å². The van der Waals surface area contributed by atoms with Gasteiger partial charge in [0, 0.05) is 57.1 Å².